The maximum absolute atomic E-state index is 10.7. The van der Waals surface area contributed by atoms with Crippen LogP contribution < -0.4 is 10.2 Å². The highest BCUT2D eigenvalue weighted by Crippen LogP contribution is 2.21. The first-order chi connectivity index (χ1) is 7.66. The van der Waals surface area contributed by atoms with Crippen molar-refractivity contribution in [3.63, 3.8) is 0 Å². The molecule has 1 aromatic carbocycles. The molecule has 86 valence electrons. The van der Waals surface area contributed by atoms with Gasteiger partial charge in [-0.1, -0.05) is 6.07 Å². The molecule has 0 spiro atoms. The summed E-state index contributed by atoms with van der Waals surface area (Å²) in [4.78, 5) is 12.5. The van der Waals surface area contributed by atoms with Gasteiger partial charge in [0.2, 0.25) is 0 Å². The molecule has 0 amide bonds. The normalized spacial score (nSPS) is 20.8. The third-order valence-electron chi connectivity index (χ3n) is 2.77. The fraction of sp³-hybridized carbons (Fsp3) is 0.455. The molecule has 5 nitrogen and oxygen atoms in total. The molecule has 1 fully saturated rings. The Bertz CT molecular complexity index is 395. The molecule has 1 N–H and O–H groups in total. The summed E-state index contributed by atoms with van der Waals surface area (Å²) in [5, 5.41) is 14.0. The Morgan fingerprint density at radius 1 is 1.56 bits per heavy atom. The summed E-state index contributed by atoms with van der Waals surface area (Å²) >= 11 is 0. The number of rotatable bonds is 2. The van der Waals surface area contributed by atoms with Gasteiger partial charge in [0.25, 0.3) is 5.69 Å². The van der Waals surface area contributed by atoms with Crippen molar-refractivity contribution in [1.82, 2.24) is 5.32 Å². The molecule has 5 heteroatoms. The quantitative estimate of drug-likeness (QED) is 0.605. The summed E-state index contributed by atoms with van der Waals surface area (Å²) in [5.74, 6) is 0. The van der Waals surface area contributed by atoms with Gasteiger partial charge in [-0.3, -0.25) is 10.1 Å². The van der Waals surface area contributed by atoms with Crippen molar-refractivity contribution in [3.05, 3.63) is 34.4 Å². The second-order valence-corrected chi connectivity index (χ2v) is 4.08. The zero-order chi connectivity index (χ0) is 11.5. The maximum Gasteiger partial charge on any atom is 0.271 e. The van der Waals surface area contributed by atoms with Gasteiger partial charge in [-0.25, -0.2) is 0 Å². The number of hydrogen-bond donors (Lipinski definition) is 1. The summed E-state index contributed by atoms with van der Waals surface area (Å²) in [6, 6.07) is 7.24. The van der Waals surface area contributed by atoms with E-state index in [1.54, 1.807) is 12.1 Å². The van der Waals surface area contributed by atoms with Crippen LogP contribution in [0.2, 0.25) is 0 Å². The largest absolute Gasteiger partial charge is 0.369 e. The first kappa shape index (κ1) is 10.9. The molecule has 1 atom stereocenters. The highest BCUT2D eigenvalue weighted by atomic mass is 16.6. The minimum absolute atomic E-state index is 0.156. The molecule has 2 rings (SSSR count). The van der Waals surface area contributed by atoms with Crippen LogP contribution in [0.5, 0.6) is 0 Å². The summed E-state index contributed by atoms with van der Waals surface area (Å²) < 4.78 is 0. The van der Waals surface area contributed by atoms with Gasteiger partial charge in [-0.05, 0) is 13.0 Å². The number of anilines is 1. The third kappa shape index (κ3) is 2.30. The average molecular weight is 221 g/mol. The van der Waals surface area contributed by atoms with E-state index in [4.69, 9.17) is 0 Å². The molecule has 0 aromatic heterocycles. The smallest absolute Gasteiger partial charge is 0.271 e. The summed E-state index contributed by atoms with van der Waals surface area (Å²) in [6.07, 6.45) is 0. The average Bonchev–Trinajstić information content (AvgIpc) is 2.29. The molecular formula is C11H15N3O2. The third-order valence-corrected chi connectivity index (χ3v) is 2.77. The van der Waals surface area contributed by atoms with Gasteiger partial charge in [0, 0.05) is 43.5 Å². The van der Waals surface area contributed by atoms with Gasteiger partial charge in [0.05, 0.1) is 4.92 Å². The van der Waals surface area contributed by atoms with Crippen molar-refractivity contribution in [2.45, 2.75) is 13.0 Å². The predicted molar refractivity (Wildman–Crippen MR) is 62.8 cm³/mol. The van der Waals surface area contributed by atoms with Gasteiger partial charge in [-0.15, -0.1) is 0 Å². The van der Waals surface area contributed by atoms with Crippen LogP contribution in [0, 0.1) is 10.1 Å². The topological polar surface area (TPSA) is 58.4 Å². The van der Waals surface area contributed by atoms with E-state index in [9.17, 15) is 10.1 Å². The van der Waals surface area contributed by atoms with Crippen LogP contribution in [0.25, 0.3) is 0 Å². The zero-order valence-electron chi connectivity index (χ0n) is 9.22. The van der Waals surface area contributed by atoms with Gasteiger partial charge in [-0.2, -0.15) is 0 Å². The molecule has 0 bridgehead atoms. The lowest BCUT2D eigenvalue weighted by atomic mass is 10.2. The van der Waals surface area contributed by atoms with Crippen LogP contribution in [-0.4, -0.2) is 30.6 Å². The molecule has 1 heterocycles. The Labute approximate surface area is 94.2 Å². The fourth-order valence-electron chi connectivity index (χ4n) is 1.97. The SMILES string of the molecule is C[C@@H]1CN(c2cccc([N+](=O)[O-])c2)CCN1. The summed E-state index contributed by atoms with van der Waals surface area (Å²) in [6.45, 7) is 4.82. The van der Waals surface area contributed by atoms with Crippen molar-refractivity contribution in [2.24, 2.45) is 0 Å². The van der Waals surface area contributed by atoms with Crippen LogP contribution in [0.4, 0.5) is 11.4 Å². The Hall–Kier alpha value is -1.62. The Morgan fingerprint density at radius 2 is 2.38 bits per heavy atom. The van der Waals surface area contributed by atoms with E-state index in [0.717, 1.165) is 25.3 Å². The molecule has 0 unspecified atom stereocenters. The molecular weight excluding hydrogens is 206 g/mol. The lowest BCUT2D eigenvalue weighted by molar-refractivity contribution is -0.384. The zero-order valence-corrected chi connectivity index (χ0v) is 9.22. The van der Waals surface area contributed by atoms with E-state index in [1.165, 1.54) is 6.07 Å². The predicted octanol–water partition coefficient (Wildman–Crippen LogP) is 1.39. The van der Waals surface area contributed by atoms with E-state index < -0.39 is 0 Å². The fourth-order valence-corrected chi connectivity index (χ4v) is 1.97. The van der Waals surface area contributed by atoms with Gasteiger partial charge in [0.1, 0.15) is 0 Å². The highest BCUT2D eigenvalue weighted by molar-refractivity contribution is 5.53. The van der Waals surface area contributed by atoms with E-state index in [-0.39, 0.29) is 10.6 Å². The molecule has 0 saturated carbocycles. The van der Waals surface area contributed by atoms with Crippen LogP contribution >= 0.6 is 0 Å². The molecule has 0 radical (unpaired) electrons. The minimum atomic E-state index is -0.352. The first-order valence-corrected chi connectivity index (χ1v) is 5.39. The number of nitrogens with one attached hydrogen (secondary N) is 1. The molecule has 1 saturated heterocycles. The second-order valence-electron chi connectivity index (χ2n) is 4.08. The first-order valence-electron chi connectivity index (χ1n) is 5.39. The monoisotopic (exact) mass is 221 g/mol. The summed E-state index contributed by atoms with van der Waals surface area (Å²) in [5.41, 5.74) is 1.09. The number of piperazine rings is 1. The standard InChI is InChI=1S/C11H15N3O2/c1-9-8-13(6-5-12-9)10-3-2-4-11(7-10)14(15)16/h2-4,7,9,12H,5-6,8H2,1H3/t9-/m1/s1. The van der Waals surface area contributed by atoms with Crippen molar-refractivity contribution in [3.8, 4) is 0 Å². The number of nitrogens with zero attached hydrogens (tertiary/aromatic N) is 2. The maximum atomic E-state index is 10.7. The van der Waals surface area contributed by atoms with Crippen LogP contribution in [0.1, 0.15) is 6.92 Å². The van der Waals surface area contributed by atoms with E-state index >= 15 is 0 Å². The lowest BCUT2D eigenvalue weighted by Crippen LogP contribution is -2.49. The van der Waals surface area contributed by atoms with Crippen molar-refractivity contribution >= 4 is 11.4 Å². The van der Waals surface area contributed by atoms with E-state index in [1.807, 2.05) is 6.07 Å². The second kappa shape index (κ2) is 4.49. The molecule has 16 heavy (non-hydrogen) atoms. The van der Waals surface area contributed by atoms with Gasteiger partial charge < -0.3 is 10.2 Å². The number of nitro groups is 1. The number of nitro benzene ring substituents is 1. The Morgan fingerprint density at radius 3 is 3.06 bits per heavy atom. The lowest BCUT2D eigenvalue weighted by Gasteiger charge is -2.33. The number of benzene rings is 1. The van der Waals surface area contributed by atoms with Crippen LogP contribution in [-0.2, 0) is 0 Å². The Balaban J connectivity index is 2.19. The van der Waals surface area contributed by atoms with Crippen molar-refractivity contribution < 1.29 is 4.92 Å². The molecule has 1 aliphatic rings. The number of hydrogen-bond acceptors (Lipinski definition) is 4. The molecule has 1 aromatic rings. The van der Waals surface area contributed by atoms with Gasteiger partial charge in [0.15, 0.2) is 0 Å². The van der Waals surface area contributed by atoms with Crippen molar-refractivity contribution in [2.75, 3.05) is 24.5 Å². The minimum Gasteiger partial charge on any atom is -0.369 e. The number of non-ortho nitro benzene ring substituents is 1. The Kier molecular flexibility index (Phi) is 3.05. The summed E-state index contributed by atoms with van der Waals surface area (Å²) in [7, 11) is 0. The van der Waals surface area contributed by atoms with Gasteiger partial charge >= 0.3 is 0 Å². The molecule has 1 aliphatic heterocycles. The van der Waals surface area contributed by atoms with E-state index in [0.29, 0.717) is 6.04 Å². The highest BCUT2D eigenvalue weighted by Gasteiger charge is 2.17. The van der Waals surface area contributed by atoms with Crippen LogP contribution in [0.15, 0.2) is 24.3 Å². The van der Waals surface area contributed by atoms with Crippen LogP contribution in [0.3, 0.4) is 0 Å². The molecule has 0 aliphatic carbocycles. The van der Waals surface area contributed by atoms with E-state index in [2.05, 4.69) is 17.1 Å². The van der Waals surface area contributed by atoms with Crippen molar-refractivity contribution in [1.29, 1.82) is 0 Å².